The smallest absolute Gasteiger partial charge is 0.242 e. The van der Waals surface area contributed by atoms with Crippen LogP contribution in [0.15, 0.2) is 36.4 Å². The van der Waals surface area contributed by atoms with Gasteiger partial charge in [0.1, 0.15) is 11.9 Å². The molecular weight excluding hydrogens is 482 g/mol. The van der Waals surface area contributed by atoms with Gasteiger partial charge in [-0.15, -0.1) is 11.8 Å². The van der Waals surface area contributed by atoms with E-state index in [0.29, 0.717) is 26.2 Å². The molecule has 0 heterocycles. The van der Waals surface area contributed by atoms with Crippen LogP contribution in [0.2, 0.25) is 15.1 Å². The van der Waals surface area contributed by atoms with Gasteiger partial charge >= 0.3 is 0 Å². The molecule has 0 spiro atoms. The molecule has 0 aliphatic rings. The van der Waals surface area contributed by atoms with Crippen LogP contribution in [-0.4, -0.2) is 34.6 Å². The summed E-state index contributed by atoms with van der Waals surface area (Å²) in [5, 5.41) is 4.03. The van der Waals surface area contributed by atoms with Crippen LogP contribution in [0.1, 0.15) is 31.9 Å². The van der Waals surface area contributed by atoms with Gasteiger partial charge in [0.25, 0.3) is 0 Å². The first-order chi connectivity index (χ1) is 14.6. The molecule has 0 aliphatic carbocycles. The number of thioether (sulfide) groups is 1. The van der Waals surface area contributed by atoms with E-state index in [-0.39, 0.29) is 35.9 Å². The number of carbonyl (C=O) groups is 2. The number of rotatable bonds is 9. The minimum Gasteiger partial charge on any atom is -0.352 e. The number of amides is 2. The van der Waals surface area contributed by atoms with Gasteiger partial charge in [0.2, 0.25) is 11.8 Å². The summed E-state index contributed by atoms with van der Waals surface area (Å²) in [5.74, 6) is -0.665. The van der Waals surface area contributed by atoms with E-state index < -0.39 is 11.9 Å². The van der Waals surface area contributed by atoms with Gasteiger partial charge in [-0.1, -0.05) is 46.9 Å². The first-order valence-corrected chi connectivity index (χ1v) is 11.9. The standard InChI is InChI=1S/C22H24Cl3FN2O2S/c1-13(2)27-22(30)14(3)28(10-15-7-8-16(23)9-19(15)25)21(29)12-31-11-17-18(24)5-4-6-20(17)26/h4-9,13-14H,10-12H2,1-3H3,(H,27,30)/t14-/m0/s1. The molecule has 0 fully saturated rings. The van der Waals surface area contributed by atoms with E-state index >= 15 is 0 Å². The highest BCUT2D eigenvalue weighted by Crippen LogP contribution is 2.26. The van der Waals surface area contributed by atoms with Gasteiger partial charge in [0.15, 0.2) is 0 Å². The zero-order valence-corrected chi connectivity index (χ0v) is 20.5. The molecule has 0 saturated heterocycles. The maximum atomic E-state index is 14.0. The molecule has 2 rings (SSSR count). The van der Waals surface area contributed by atoms with Crippen LogP contribution in [0.3, 0.4) is 0 Å². The van der Waals surface area contributed by atoms with E-state index in [4.69, 9.17) is 34.8 Å². The molecule has 0 aromatic heterocycles. The van der Waals surface area contributed by atoms with Gasteiger partial charge in [0.05, 0.1) is 5.75 Å². The summed E-state index contributed by atoms with van der Waals surface area (Å²) in [5.41, 5.74) is 1.02. The lowest BCUT2D eigenvalue weighted by molar-refractivity contribution is -0.138. The van der Waals surface area contributed by atoms with Crippen molar-refractivity contribution in [3.63, 3.8) is 0 Å². The van der Waals surface area contributed by atoms with E-state index in [9.17, 15) is 14.0 Å². The number of hydrogen-bond donors (Lipinski definition) is 1. The maximum absolute atomic E-state index is 14.0. The van der Waals surface area contributed by atoms with E-state index in [1.807, 2.05) is 13.8 Å². The van der Waals surface area contributed by atoms with Crippen molar-refractivity contribution in [2.24, 2.45) is 0 Å². The summed E-state index contributed by atoms with van der Waals surface area (Å²) in [6.45, 7) is 5.50. The fourth-order valence-electron chi connectivity index (χ4n) is 2.81. The molecule has 2 amide bonds. The fourth-order valence-corrected chi connectivity index (χ4v) is 4.53. The lowest BCUT2D eigenvalue weighted by atomic mass is 10.1. The first kappa shape index (κ1) is 25.8. The number of carbonyl (C=O) groups excluding carboxylic acids is 2. The Hall–Kier alpha value is -1.47. The molecule has 31 heavy (non-hydrogen) atoms. The van der Waals surface area contributed by atoms with Gasteiger partial charge in [-0.2, -0.15) is 0 Å². The second-order valence-corrected chi connectivity index (χ2v) is 9.53. The molecule has 4 nitrogen and oxygen atoms in total. The van der Waals surface area contributed by atoms with Crippen molar-refractivity contribution in [1.29, 1.82) is 0 Å². The summed E-state index contributed by atoms with van der Waals surface area (Å²) < 4.78 is 14.0. The molecule has 2 aromatic carbocycles. The summed E-state index contributed by atoms with van der Waals surface area (Å²) in [6, 6.07) is 8.68. The number of hydrogen-bond acceptors (Lipinski definition) is 3. The summed E-state index contributed by atoms with van der Waals surface area (Å²) >= 11 is 19.5. The van der Waals surface area contributed by atoms with Gasteiger partial charge in [-0.05, 0) is 50.6 Å². The van der Waals surface area contributed by atoms with Crippen molar-refractivity contribution in [2.45, 2.75) is 45.2 Å². The minimum absolute atomic E-state index is 0.0508. The van der Waals surface area contributed by atoms with Crippen LogP contribution >= 0.6 is 46.6 Å². The molecule has 1 N–H and O–H groups in total. The summed E-state index contributed by atoms with van der Waals surface area (Å²) in [7, 11) is 0. The Morgan fingerprint density at radius 1 is 1.10 bits per heavy atom. The number of nitrogens with zero attached hydrogens (tertiary/aromatic N) is 1. The monoisotopic (exact) mass is 504 g/mol. The van der Waals surface area contributed by atoms with Crippen molar-refractivity contribution in [2.75, 3.05) is 5.75 Å². The first-order valence-electron chi connectivity index (χ1n) is 9.64. The molecule has 0 aliphatic heterocycles. The highest BCUT2D eigenvalue weighted by molar-refractivity contribution is 7.99. The fraction of sp³-hybridized carbons (Fsp3) is 0.364. The average molecular weight is 506 g/mol. The molecule has 2 aromatic rings. The van der Waals surface area contributed by atoms with E-state index in [1.54, 1.807) is 31.2 Å². The molecule has 0 unspecified atom stereocenters. The predicted octanol–water partition coefficient (Wildman–Crippen LogP) is 5.96. The molecule has 0 radical (unpaired) electrons. The topological polar surface area (TPSA) is 49.4 Å². The number of nitrogens with one attached hydrogen (secondary N) is 1. The third-order valence-corrected chi connectivity index (χ3v) is 6.37. The van der Waals surface area contributed by atoms with Gasteiger partial charge < -0.3 is 10.2 Å². The lowest BCUT2D eigenvalue weighted by Crippen LogP contribution is -2.49. The van der Waals surface area contributed by atoms with Gasteiger partial charge in [-0.25, -0.2) is 4.39 Å². The summed E-state index contributed by atoms with van der Waals surface area (Å²) in [6.07, 6.45) is 0. The number of halogens is 4. The number of benzene rings is 2. The zero-order chi connectivity index (χ0) is 23.1. The average Bonchev–Trinajstić information content (AvgIpc) is 2.68. The maximum Gasteiger partial charge on any atom is 0.242 e. The lowest BCUT2D eigenvalue weighted by Gasteiger charge is -2.29. The second-order valence-electron chi connectivity index (χ2n) is 7.29. The molecule has 1 atom stereocenters. The Labute approximate surface area is 201 Å². The predicted molar refractivity (Wildman–Crippen MR) is 127 cm³/mol. The van der Waals surface area contributed by atoms with E-state index in [1.165, 1.54) is 28.8 Å². The van der Waals surface area contributed by atoms with Crippen molar-refractivity contribution in [3.8, 4) is 0 Å². The Bertz CT molecular complexity index is 923. The zero-order valence-electron chi connectivity index (χ0n) is 17.4. The van der Waals surface area contributed by atoms with Crippen molar-refractivity contribution in [1.82, 2.24) is 10.2 Å². The third-order valence-electron chi connectivity index (χ3n) is 4.49. The van der Waals surface area contributed by atoms with Crippen LogP contribution in [0.4, 0.5) is 4.39 Å². The van der Waals surface area contributed by atoms with Crippen LogP contribution in [0.25, 0.3) is 0 Å². The highest BCUT2D eigenvalue weighted by atomic mass is 35.5. The normalized spacial score (nSPS) is 12.0. The highest BCUT2D eigenvalue weighted by Gasteiger charge is 2.27. The van der Waals surface area contributed by atoms with Crippen LogP contribution in [0.5, 0.6) is 0 Å². The molecule has 168 valence electrons. The Balaban J connectivity index is 2.15. The Morgan fingerprint density at radius 3 is 2.42 bits per heavy atom. The van der Waals surface area contributed by atoms with Gasteiger partial charge in [-0.3, -0.25) is 9.59 Å². The van der Waals surface area contributed by atoms with Gasteiger partial charge in [0, 0.05) is 39.0 Å². The van der Waals surface area contributed by atoms with Crippen LogP contribution < -0.4 is 5.32 Å². The molecule has 0 saturated carbocycles. The largest absolute Gasteiger partial charge is 0.352 e. The molecule has 9 heteroatoms. The van der Waals surface area contributed by atoms with E-state index in [0.717, 1.165) is 0 Å². The quantitative estimate of drug-likeness (QED) is 0.457. The Kier molecular flexibility index (Phi) is 9.94. The minimum atomic E-state index is -0.723. The van der Waals surface area contributed by atoms with Crippen molar-refractivity contribution in [3.05, 3.63) is 68.4 Å². The van der Waals surface area contributed by atoms with Crippen molar-refractivity contribution < 1.29 is 14.0 Å². The summed E-state index contributed by atoms with van der Waals surface area (Å²) in [4.78, 5) is 27.1. The van der Waals surface area contributed by atoms with Crippen LogP contribution in [0, 0.1) is 5.82 Å². The van der Waals surface area contributed by atoms with Crippen molar-refractivity contribution >= 4 is 58.4 Å². The second kappa shape index (κ2) is 12.0. The van der Waals surface area contributed by atoms with E-state index in [2.05, 4.69) is 5.32 Å². The third kappa shape index (κ3) is 7.56. The SMILES string of the molecule is CC(C)NC(=O)[C@H](C)N(Cc1ccc(Cl)cc1Cl)C(=O)CSCc1c(F)cccc1Cl. The van der Waals surface area contributed by atoms with Crippen LogP contribution in [-0.2, 0) is 21.9 Å². The Morgan fingerprint density at radius 2 is 1.81 bits per heavy atom. The molecular formula is C22H24Cl3FN2O2S. The molecule has 0 bridgehead atoms.